The van der Waals surface area contributed by atoms with Gasteiger partial charge in [0.05, 0.1) is 6.04 Å². The summed E-state index contributed by atoms with van der Waals surface area (Å²) in [5.74, 6) is 0. The normalized spacial score (nSPS) is 12.0. The summed E-state index contributed by atoms with van der Waals surface area (Å²) in [6, 6.07) is 26.1. The Morgan fingerprint density at radius 2 is 1.46 bits per heavy atom. The van der Waals surface area contributed by atoms with E-state index in [0.29, 0.717) is 0 Å². The average Bonchev–Trinajstić information content (AvgIpc) is 2.70. The van der Waals surface area contributed by atoms with E-state index in [9.17, 15) is 4.79 Å². The van der Waals surface area contributed by atoms with Crippen LogP contribution in [0.15, 0.2) is 109 Å². The minimum atomic E-state index is 0.0343. The summed E-state index contributed by atoms with van der Waals surface area (Å²) in [4.78, 5) is 11.5. The molecule has 2 aliphatic rings. The molecule has 1 unspecified atom stereocenters. The van der Waals surface area contributed by atoms with Gasteiger partial charge in [-0.3, -0.25) is 4.79 Å². The molecular weight excluding hydrogens is 318 g/mol. The van der Waals surface area contributed by atoms with Crippen LogP contribution in [-0.2, 0) is 0 Å². The number of hydrogen-bond acceptors (Lipinski definition) is 1. The van der Waals surface area contributed by atoms with Crippen LogP contribution >= 0.6 is 0 Å². The summed E-state index contributed by atoms with van der Waals surface area (Å²) < 4.78 is 2.12. The van der Waals surface area contributed by atoms with Gasteiger partial charge in [0.2, 0.25) is 0 Å². The van der Waals surface area contributed by atoms with E-state index in [1.54, 1.807) is 12.1 Å². The van der Waals surface area contributed by atoms with E-state index in [1.807, 2.05) is 42.6 Å². The van der Waals surface area contributed by atoms with E-state index >= 15 is 0 Å². The fourth-order valence-corrected chi connectivity index (χ4v) is 3.29. The van der Waals surface area contributed by atoms with Crippen molar-refractivity contribution in [1.29, 1.82) is 0 Å². The Balaban J connectivity index is 1.69. The summed E-state index contributed by atoms with van der Waals surface area (Å²) in [7, 11) is 0. The lowest BCUT2D eigenvalue weighted by atomic mass is 10.00. The summed E-state index contributed by atoms with van der Waals surface area (Å²) in [5.41, 5.74) is 5.61. The maximum absolute atomic E-state index is 11.5. The quantitative estimate of drug-likeness (QED) is 0.457. The summed E-state index contributed by atoms with van der Waals surface area (Å²) in [6.07, 6.45) is 6.00. The summed E-state index contributed by atoms with van der Waals surface area (Å²) in [6.45, 7) is 4.02. The van der Waals surface area contributed by atoms with Crippen LogP contribution in [0.2, 0.25) is 0 Å². The molecule has 0 N–H and O–H groups in total. The van der Waals surface area contributed by atoms with Gasteiger partial charge in [-0.15, -0.1) is 6.58 Å². The molecule has 0 amide bonds. The van der Waals surface area contributed by atoms with Crippen LogP contribution in [0.3, 0.4) is 0 Å². The molecule has 0 bridgehead atoms. The Bertz CT molecular complexity index is 1060. The Morgan fingerprint density at radius 3 is 2.19 bits per heavy atom. The van der Waals surface area contributed by atoms with E-state index in [1.165, 1.54) is 16.7 Å². The second-order valence-corrected chi connectivity index (χ2v) is 6.35. The fraction of sp³-hybridized carbons (Fsp3) is 0.0417. The van der Waals surface area contributed by atoms with Crippen LogP contribution in [-0.4, -0.2) is 4.57 Å². The molecule has 1 atom stereocenters. The lowest BCUT2D eigenvalue weighted by Crippen LogP contribution is -2.09. The minimum absolute atomic E-state index is 0.0343. The third kappa shape index (κ3) is 3.09. The zero-order valence-electron chi connectivity index (χ0n) is 14.4. The predicted molar refractivity (Wildman–Crippen MR) is 108 cm³/mol. The first kappa shape index (κ1) is 16.1. The number of nitrogens with zero attached hydrogens (tertiary/aromatic N) is 1. The zero-order valence-corrected chi connectivity index (χ0v) is 14.4. The van der Waals surface area contributed by atoms with Crippen molar-refractivity contribution in [3.8, 4) is 22.3 Å². The molecule has 0 fully saturated rings. The molecule has 0 saturated carbocycles. The van der Waals surface area contributed by atoms with Gasteiger partial charge in [-0.2, -0.15) is 0 Å². The van der Waals surface area contributed by atoms with Gasteiger partial charge in [0.15, 0.2) is 5.43 Å². The van der Waals surface area contributed by atoms with Crippen LogP contribution < -0.4 is 5.43 Å². The van der Waals surface area contributed by atoms with Gasteiger partial charge < -0.3 is 4.57 Å². The first-order valence-corrected chi connectivity index (χ1v) is 8.64. The van der Waals surface area contributed by atoms with Crippen LogP contribution in [0.1, 0.15) is 11.6 Å². The van der Waals surface area contributed by atoms with E-state index in [2.05, 4.69) is 53.7 Å². The van der Waals surface area contributed by atoms with Crippen molar-refractivity contribution in [3.05, 3.63) is 120 Å². The fourth-order valence-electron chi connectivity index (χ4n) is 3.29. The van der Waals surface area contributed by atoms with Crippen LogP contribution in [0.5, 0.6) is 0 Å². The van der Waals surface area contributed by atoms with E-state index in [0.717, 1.165) is 11.1 Å². The number of pyridine rings is 1. The van der Waals surface area contributed by atoms with Gasteiger partial charge in [0.25, 0.3) is 0 Å². The van der Waals surface area contributed by atoms with Gasteiger partial charge in [-0.25, -0.2) is 0 Å². The molecule has 0 radical (unpaired) electrons. The molecule has 2 heteroatoms. The molecule has 4 rings (SSSR count). The van der Waals surface area contributed by atoms with Crippen molar-refractivity contribution in [2.24, 2.45) is 0 Å². The van der Waals surface area contributed by atoms with Gasteiger partial charge >= 0.3 is 0 Å². The average molecular weight is 337 g/mol. The highest BCUT2D eigenvalue weighted by molar-refractivity contribution is 5.64. The number of fused-ring (bicyclic) bond motifs is 1. The Labute approximate surface area is 153 Å². The van der Waals surface area contributed by atoms with E-state index < -0.39 is 0 Å². The van der Waals surface area contributed by atoms with Crippen LogP contribution in [0, 0.1) is 0 Å². The van der Waals surface area contributed by atoms with Gasteiger partial charge in [0.1, 0.15) is 0 Å². The Morgan fingerprint density at radius 1 is 0.769 bits per heavy atom. The third-order valence-corrected chi connectivity index (χ3v) is 4.68. The first-order chi connectivity index (χ1) is 12.7. The Kier molecular flexibility index (Phi) is 4.24. The standard InChI is InChI=1S/C24H19NO/c1-2-24(25-15-14-21-16-23(26)13-12-22(21)17-25)20-10-8-19(9-11-20)18-6-4-3-5-7-18/h2-17,24H,1H2. The van der Waals surface area contributed by atoms with Crippen molar-refractivity contribution in [3.63, 3.8) is 0 Å². The van der Waals surface area contributed by atoms with E-state index in [-0.39, 0.29) is 11.5 Å². The smallest absolute Gasteiger partial charge is 0.179 e. The molecule has 1 aliphatic carbocycles. The highest BCUT2D eigenvalue weighted by Gasteiger charge is 2.11. The second-order valence-electron chi connectivity index (χ2n) is 6.35. The molecule has 1 aliphatic heterocycles. The number of rotatable bonds is 4. The number of hydrogen-bond donors (Lipinski definition) is 0. The molecule has 1 heterocycles. The molecule has 26 heavy (non-hydrogen) atoms. The van der Waals surface area contributed by atoms with Gasteiger partial charge in [0, 0.05) is 12.4 Å². The highest BCUT2D eigenvalue weighted by atomic mass is 16.1. The largest absolute Gasteiger partial charge is 0.343 e. The minimum Gasteiger partial charge on any atom is -0.343 e. The highest BCUT2D eigenvalue weighted by Crippen LogP contribution is 2.27. The molecule has 2 nitrogen and oxygen atoms in total. The topological polar surface area (TPSA) is 22.0 Å². The molecular formula is C24H19NO. The maximum Gasteiger partial charge on any atom is 0.179 e. The monoisotopic (exact) mass is 337 g/mol. The SMILES string of the molecule is C=CC(c1ccc(-c2ccccc2)cc1)n1ccc2cc(=O)ccc-2c1. The van der Waals surface area contributed by atoms with Crippen LogP contribution in [0.25, 0.3) is 22.3 Å². The lowest BCUT2D eigenvalue weighted by Gasteiger charge is -2.20. The molecule has 2 aromatic rings. The summed E-state index contributed by atoms with van der Waals surface area (Å²) >= 11 is 0. The lowest BCUT2D eigenvalue weighted by molar-refractivity contribution is 0.696. The Hall–Kier alpha value is -3.39. The third-order valence-electron chi connectivity index (χ3n) is 4.68. The molecule has 0 aromatic heterocycles. The van der Waals surface area contributed by atoms with Crippen molar-refractivity contribution >= 4 is 0 Å². The van der Waals surface area contributed by atoms with Gasteiger partial charge in [-0.05, 0) is 52.1 Å². The number of allylic oxidation sites excluding steroid dienone is 1. The maximum atomic E-state index is 11.5. The second kappa shape index (κ2) is 6.85. The molecule has 0 saturated heterocycles. The van der Waals surface area contributed by atoms with E-state index in [4.69, 9.17) is 0 Å². The number of aromatic nitrogens is 1. The molecule has 126 valence electrons. The van der Waals surface area contributed by atoms with Gasteiger partial charge in [-0.1, -0.05) is 60.7 Å². The molecule has 0 spiro atoms. The van der Waals surface area contributed by atoms with Crippen molar-refractivity contribution in [2.75, 3.05) is 0 Å². The van der Waals surface area contributed by atoms with Crippen molar-refractivity contribution in [1.82, 2.24) is 4.57 Å². The van der Waals surface area contributed by atoms with Crippen LogP contribution in [0.4, 0.5) is 0 Å². The first-order valence-electron chi connectivity index (χ1n) is 8.64. The zero-order chi connectivity index (χ0) is 17.9. The predicted octanol–water partition coefficient (Wildman–Crippen LogP) is 5.40. The van der Waals surface area contributed by atoms with Crippen molar-refractivity contribution in [2.45, 2.75) is 6.04 Å². The van der Waals surface area contributed by atoms with Crippen molar-refractivity contribution < 1.29 is 0 Å². The summed E-state index contributed by atoms with van der Waals surface area (Å²) in [5, 5.41) is 0. The number of benzene rings is 3. The molecule has 2 aromatic carbocycles.